The van der Waals surface area contributed by atoms with Gasteiger partial charge in [-0.25, -0.2) is 8.78 Å². The number of anilines is 2. The molecule has 3 rings (SSSR count). The molecule has 5 nitrogen and oxygen atoms in total. The Morgan fingerprint density at radius 2 is 2.11 bits per heavy atom. The van der Waals surface area contributed by atoms with Crippen LogP contribution in [0.3, 0.4) is 0 Å². The first-order chi connectivity index (χ1) is 12.5. The van der Waals surface area contributed by atoms with Crippen molar-refractivity contribution < 1.29 is 18.3 Å². The zero-order chi connectivity index (χ0) is 18.6. The summed E-state index contributed by atoms with van der Waals surface area (Å²) in [6.45, 7) is 2.19. The second-order valence-electron chi connectivity index (χ2n) is 6.37. The predicted molar refractivity (Wildman–Crippen MR) is 104 cm³/mol. The minimum absolute atomic E-state index is 0. The molecule has 1 fully saturated rings. The van der Waals surface area contributed by atoms with E-state index in [2.05, 4.69) is 10.6 Å². The van der Waals surface area contributed by atoms with E-state index in [9.17, 15) is 8.78 Å². The Morgan fingerprint density at radius 3 is 2.85 bits per heavy atom. The van der Waals surface area contributed by atoms with Gasteiger partial charge < -0.3 is 25.8 Å². The summed E-state index contributed by atoms with van der Waals surface area (Å²) < 4.78 is 38.1. The van der Waals surface area contributed by atoms with Crippen LogP contribution in [0.5, 0.6) is 5.75 Å². The van der Waals surface area contributed by atoms with Gasteiger partial charge in [0, 0.05) is 24.3 Å². The molecule has 2 aromatic rings. The molecule has 4 N–H and O–H groups in total. The molecule has 0 aromatic heterocycles. The molecule has 0 bridgehead atoms. The van der Waals surface area contributed by atoms with Crippen molar-refractivity contribution in [1.29, 1.82) is 0 Å². The van der Waals surface area contributed by atoms with Crippen molar-refractivity contribution in [1.82, 2.24) is 5.32 Å². The lowest BCUT2D eigenvalue weighted by atomic mass is 9.93. The number of morpholine rings is 1. The molecule has 1 heterocycles. The fourth-order valence-electron chi connectivity index (χ4n) is 3.04. The van der Waals surface area contributed by atoms with Crippen molar-refractivity contribution in [3.8, 4) is 5.75 Å². The molecule has 0 saturated carbocycles. The maximum absolute atomic E-state index is 14.5. The van der Waals surface area contributed by atoms with E-state index in [0.29, 0.717) is 35.8 Å². The first-order valence-electron chi connectivity index (χ1n) is 8.51. The number of benzene rings is 2. The number of para-hydroxylation sites is 2. The Balaban J connectivity index is 0.00000261. The van der Waals surface area contributed by atoms with E-state index in [1.54, 1.807) is 31.2 Å². The first kappa shape index (κ1) is 21.4. The van der Waals surface area contributed by atoms with Gasteiger partial charge in [-0.1, -0.05) is 12.1 Å². The summed E-state index contributed by atoms with van der Waals surface area (Å²) in [7, 11) is 0. The molecule has 2 atom stereocenters. The van der Waals surface area contributed by atoms with Crippen LogP contribution >= 0.6 is 12.4 Å². The van der Waals surface area contributed by atoms with Crippen LogP contribution in [0, 0.1) is 5.82 Å². The molecule has 0 aliphatic carbocycles. The van der Waals surface area contributed by atoms with Gasteiger partial charge in [-0.05, 0) is 37.3 Å². The molecule has 8 heteroatoms. The van der Waals surface area contributed by atoms with Crippen molar-refractivity contribution in [3.63, 3.8) is 0 Å². The maximum Gasteiger partial charge on any atom is 0.142 e. The van der Waals surface area contributed by atoms with Gasteiger partial charge in [0.15, 0.2) is 0 Å². The van der Waals surface area contributed by atoms with Crippen molar-refractivity contribution in [3.05, 3.63) is 53.8 Å². The second kappa shape index (κ2) is 9.32. The van der Waals surface area contributed by atoms with Gasteiger partial charge in [-0.2, -0.15) is 0 Å². The molecule has 0 amide bonds. The normalized spacial score (nSPS) is 22.0. The van der Waals surface area contributed by atoms with E-state index in [4.69, 9.17) is 15.2 Å². The standard InChI is InChI=1S/C19H23F2N3O2.ClH/c1-19(12-23-11-18(22)26-19)14-10-13(6-7-15(14)21)24-16-4-2-3-5-17(16)25-9-8-20;/h2-7,10,18,23-24H,8-9,11-12,22H2,1H3;1H/t18-,19?;/m1./s1. The van der Waals surface area contributed by atoms with E-state index >= 15 is 0 Å². The SMILES string of the molecule is CC1(c2cc(Nc3ccccc3OCCF)ccc2F)CNC[C@H](N)O1.Cl. The number of hydrogen-bond donors (Lipinski definition) is 3. The Labute approximate surface area is 163 Å². The van der Waals surface area contributed by atoms with Crippen LogP contribution in [0.4, 0.5) is 20.2 Å². The van der Waals surface area contributed by atoms with Gasteiger partial charge in [0.2, 0.25) is 0 Å². The topological polar surface area (TPSA) is 68.5 Å². The van der Waals surface area contributed by atoms with Gasteiger partial charge in [0.1, 0.15) is 36.7 Å². The van der Waals surface area contributed by atoms with Crippen LogP contribution in [0.25, 0.3) is 0 Å². The van der Waals surface area contributed by atoms with E-state index in [0.717, 1.165) is 0 Å². The van der Waals surface area contributed by atoms with Crippen LogP contribution in [-0.4, -0.2) is 32.6 Å². The van der Waals surface area contributed by atoms with Gasteiger partial charge in [0.25, 0.3) is 0 Å². The minimum atomic E-state index is -0.871. The molecule has 1 aliphatic heterocycles. The van der Waals surface area contributed by atoms with Gasteiger partial charge >= 0.3 is 0 Å². The number of ether oxygens (including phenoxy) is 2. The molecular weight excluding hydrogens is 376 g/mol. The Kier molecular flexibility index (Phi) is 7.38. The zero-order valence-electron chi connectivity index (χ0n) is 15.0. The molecule has 148 valence electrons. The largest absolute Gasteiger partial charge is 0.489 e. The maximum atomic E-state index is 14.5. The number of nitrogens with two attached hydrogens (primary N) is 1. The summed E-state index contributed by atoms with van der Waals surface area (Å²) in [5.74, 6) is 0.163. The zero-order valence-corrected chi connectivity index (χ0v) is 15.8. The van der Waals surface area contributed by atoms with Crippen molar-refractivity contribution in [2.24, 2.45) is 5.73 Å². The average molecular weight is 400 g/mol. The molecule has 1 unspecified atom stereocenters. The lowest BCUT2D eigenvalue weighted by Gasteiger charge is -2.38. The number of nitrogens with one attached hydrogen (secondary N) is 2. The van der Waals surface area contributed by atoms with Crippen LogP contribution in [0.1, 0.15) is 12.5 Å². The molecule has 1 aliphatic rings. The summed E-state index contributed by atoms with van der Waals surface area (Å²) in [5.41, 5.74) is 6.73. The number of alkyl halides is 1. The lowest BCUT2D eigenvalue weighted by Crippen LogP contribution is -2.53. The Hall–Kier alpha value is -1.93. The Morgan fingerprint density at radius 1 is 1.33 bits per heavy atom. The second-order valence-corrected chi connectivity index (χ2v) is 6.37. The van der Waals surface area contributed by atoms with E-state index in [-0.39, 0.29) is 24.8 Å². The summed E-state index contributed by atoms with van der Waals surface area (Å²) in [6, 6.07) is 11.9. The summed E-state index contributed by atoms with van der Waals surface area (Å²) in [4.78, 5) is 0. The highest BCUT2D eigenvalue weighted by Crippen LogP contribution is 2.34. The quantitative estimate of drug-likeness (QED) is 0.694. The molecule has 0 radical (unpaired) electrons. The van der Waals surface area contributed by atoms with Gasteiger partial charge in [-0.3, -0.25) is 0 Å². The van der Waals surface area contributed by atoms with Crippen molar-refractivity contribution in [2.75, 3.05) is 31.7 Å². The molecule has 2 aromatic carbocycles. The van der Waals surface area contributed by atoms with Crippen LogP contribution in [-0.2, 0) is 10.3 Å². The van der Waals surface area contributed by atoms with Gasteiger partial charge in [0.05, 0.1) is 5.69 Å². The number of halogens is 3. The fourth-order valence-corrected chi connectivity index (χ4v) is 3.04. The highest BCUT2D eigenvalue weighted by Gasteiger charge is 2.35. The van der Waals surface area contributed by atoms with Crippen molar-refractivity contribution in [2.45, 2.75) is 18.8 Å². The minimum Gasteiger partial charge on any atom is -0.489 e. The lowest BCUT2D eigenvalue weighted by molar-refractivity contribution is -0.109. The summed E-state index contributed by atoms with van der Waals surface area (Å²) in [6.07, 6.45) is -0.500. The van der Waals surface area contributed by atoms with Crippen LogP contribution in [0.15, 0.2) is 42.5 Å². The fraction of sp³-hybridized carbons (Fsp3) is 0.368. The summed E-state index contributed by atoms with van der Waals surface area (Å²) in [5, 5.41) is 6.35. The third-order valence-electron chi connectivity index (χ3n) is 4.26. The third kappa shape index (κ3) is 5.07. The molecular formula is C19H24ClF2N3O2. The predicted octanol–water partition coefficient (Wildman–Crippen LogP) is 3.46. The molecule has 27 heavy (non-hydrogen) atoms. The number of rotatable bonds is 6. The van der Waals surface area contributed by atoms with Crippen molar-refractivity contribution >= 4 is 23.8 Å². The monoisotopic (exact) mass is 399 g/mol. The van der Waals surface area contributed by atoms with E-state index in [1.165, 1.54) is 6.07 Å². The summed E-state index contributed by atoms with van der Waals surface area (Å²) >= 11 is 0. The van der Waals surface area contributed by atoms with Gasteiger partial charge in [-0.15, -0.1) is 12.4 Å². The number of hydrogen-bond acceptors (Lipinski definition) is 5. The first-order valence-corrected chi connectivity index (χ1v) is 8.51. The third-order valence-corrected chi connectivity index (χ3v) is 4.26. The van der Waals surface area contributed by atoms with Crippen LogP contribution in [0.2, 0.25) is 0 Å². The average Bonchev–Trinajstić information content (AvgIpc) is 2.62. The highest BCUT2D eigenvalue weighted by molar-refractivity contribution is 5.85. The Bertz CT molecular complexity index is 765. The molecule has 1 saturated heterocycles. The highest BCUT2D eigenvalue weighted by atomic mass is 35.5. The molecule has 0 spiro atoms. The van der Waals surface area contributed by atoms with E-state index < -0.39 is 18.5 Å². The smallest absolute Gasteiger partial charge is 0.142 e. The van der Waals surface area contributed by atoms with E-state index in [1.807, 2.05) is 12.1 Å². The van der Waals surface area contributed by atoms with Crippen LogP contribution < -0.4 is 21.1 Å².